The molecule has 3 aliphatic rings. The number of carbonyl (C=O) groups excluding carboxylic acids is 3. The van der Waals surface area contributed by atoms with Crippen LogP contribution < -0.4 is 10.1 Å². The molecule has 196 valence electrons. The van der Waals surface area contributed by atoms with Crippen LogP contribution >= 0.6 is 0 Å². The van der Waals surface area contributed by atoms with Gasteiger partial charge < -0.3 is 19.3 Å². The first kappa shape index (κ1) is 26.0. The molecular weight excluding hydrogens is 460 g/mol. The van der Waals surface area contributed by atoms with Gasteiger partial charge in [0.25, 0.3) is 0 Å². The van der Waals surface area contributed by atoms with Gasteiger partial charge in [-0.25, -0.2) is 4.99 Å². The summed E-state index contributed by atoms with van der Waals surface area (Å²) in [5.74, 6) is 1.12. The van der Waals surface area contributed by atoms with Crippen LogP contribution in [0.1, 0.15) is 83.6 Å². The normalized spacial score (nSPS) is 18.0. The Bertz CT molecular complexity index is 988. The van der Waals surface area contributed by atoms with Crippen LogP contribution in [0.25, 0.3) is 0 Å². The molecule has 1 atom stereocenters. The number of hydrogen-bond acceptors (Lipinski definition) is 7. The SMILES string of the molecule is CCC(OC(C)=O)N(C(=O)CCCCCOc1ccc2c(c1)CN1CC(=O)NC1=N2)C1CCCCC1. The molecular formula is C27H38N4O5. The summed E-state index contributed by atoms with van der Waals surface area (Å²) in [5, 5.41) is 2.77. The Labute approximate surface area is 213 Å². The molecule has 1 saturated carbocycles. The van der Waals surface area contributed by atoms with Gasteiger partial charge in [-0.05, 0) is 50.3 Å². The first-order chi connectivity index (χ1) is 17.4. The second-order valence-electron chi connectivity index (χ2n) is 9.85. The second-order valence-corrected chi connectivity index (χ2v) is 9.85. The average Bonchev–Trinajstić information content (AvgIpc) is 3.23. The zero-order chi connectivity index (χ0) is 25.5. The Morgan fingerprint density at radius 3 is 2.72 bits per heavy atom. The highest BCUT2D eigenvalue weighted by Crippen LogP contribution is 2.31. The lowest BCUT2D eigenvalue weighted by Gasteiger charge is -2.39. The fourth-order valence-corrected chi connectivity index (χ4v) is 5.29. The summed E-state index contributed by atoms with van der Waals surface area (Å²) < 4.78 is 11.5. The first-order valence-electron chi connectivity index (χ1n) is 13.3. The van der Waals surface area contributed by atoms with E-state index in [0.717, 1.165) is 61.9 Å². The number of esters is 1. The smallest absolute Gasteiger partial charge is 0.304 e. The molecule has 0 spiro atoms. The van der Waals surface area contributed by atoms with Crippen LogP contribution in [0.4, 0.5) is 5.69 Å². The second kappa shape index (κ2) is 12.2. The highest BCUT2D eigenvalue weighted by Gasteiger charge is 2.32. The van der Waals surface area contributed by atoms with Gasteiger partial charge in [0.05, 0.1) is 12.3 Å². The third-order valence-electron chi connectivity index (χ3n) is 7.05. The van der Waals surface area contributed by atoms with Crippen molar-refractivity contribution in [3.8, 4) is 5.75 Å². The van der Waals surface area contributed by atoms with Gasteiger partial charge in [0.15, 0.2) is 6.23 Å². The molecule has 1 aromatic rings. The molecule has 2 fully saturated rings. The Morgan fingerprint density at radius 2 is 1.97 bits per heavy atom. The molecule has 9 heteroatoms. The van der Waals surface area contributed by atoms with Crippen molar-refractivity contribution in [2.45, 2.75) is 96.9 Å². The lowest BCUT2D eigenvalue weighted by atomic mass is 9.93. The monoisotopic (exact) mass is 498 g/mol. The number of carbonyl (C=O) groups is 3. The first-order valence-corrected chi connectivity index (χ1v) is 13.3. The van der Waals surface area contributed by atoms with Gasteiger partial charge in [0, 0.05) is 37.9 Å². The van der Waals surface area contributed by atoms with Crippen molar-refractivity contribution in [1.82, 2.24) is 15.1 Å². The summed E-state index contributed by atoms with van der Waals surface area (Å²) >= 11 is 0. The summed E-state index contributed by atoms with van der Waals surface area (Å²) in [7, 11) is 0. The van der Waals surface area contributed by atoms with E-state index in [-0.39, 0.29) is 23.8 Å². The van der Waals surface area contributed by atoms with E-state index in [1.54, 1.807) is 0 Å². The van der Waals surface area contributed by atoms with Gasteiger partial charge in [-0.3, -0.25) is 19.7 Å². The lowest BCUT2D eigenvalue weighted by molar-refractivity contribution is -0.168. The summed E-state index contributed by atoms with van der Waals surface area (Å²) in [6, 6.07) is 5.98. The van der Waals surface area contributed by atoms with Crippen LogP contribution in [0.2, 0.25) is 0 Å². The van der Waals surface area contributed by atoms with Crippen molar-refractivity contribution in [1.29, 1.82) is 0 Å². The average molecular weight is 499 g/mol. The Balaban J connectivity index is 1.22. The van der Waals surface area contributed by atoms with Gasteiger partial charge in [0.1, 0.15) is 12.3 Å². The molecule has 1 aliphatic carbocycles. The van der Waals surface area contributed by atoms with Crippen LogP contribution in [-0.4, -0.2) is 59.0 Å². The zero-order valence-corrected chi connectivity index (χ0v) is 21.5. The maximum atomic E-state index is 13.2. The molecule has 2 amide bonds. The molecule has 2 heterocycles. The molecule has 36 heavy (non-hydrogen) atoms. The molecule has 0 radical (unpaired) electrons. The largest absolute Gasteiger partial charge is 0.494 e. The Morgan fingerprint density at radius 1 is 1.17 bits per heavy atom. The van der Waals surface area contributed by atoms with Crippen LogP contribution in [0.15, 0.2) is 23.2 Å². The number of fused-ring (bicyclic) bond motifs is 2. The number of aliphatic imine (C=N–C) groups is 1. The molecule has 1 saturated heterocycles. The fourth-order valence-electron chi connectivity index (χ4n) is 5.29. The molecule has 1 aromatic carbocycles. The third kappa shape index (κ3) is 6.56. The minimum Gasteiger partial charge on any atom is -0.494 e. The predicted molar refractivity (Wildman–Crippen MR) is 136 cm³/mol. The van der Waals surface area contributed by atoms with Crippen molar-refractivity contribution in [3.05, 3.63) is 23.8 Å². The predicted octanol–water partition coefficient (Wildman–Crippen LogP) is 4.02. The third-order valence-corrected chi connectivity index (χ3v) is 7.05. The highest BCUT2D eigenvalue weighted by molar-refractivity contribution is 6.05. The number of amides is 2. The number of nitrogens with one attached hydrogen (secondary N) is 1. The van der Waals surface area contributed by atoms with Crippen molar-refractivity contribution in [3.63, 3.8) is 0 Å². The van der Waals surface area contributed by atoms with E-state index in [1.165, 1.54) is 13.3 Å². The topological polar surface area (TPSA) is 101 Å². The van der Waals surface area contributed by atoms with Crippen LogP contribution in [0.5, 0.6) is 5.75 Å². The van der Waals surface area contributed by atoms with Crippen LogP contribution in [0, 0.1) is 0 Å². The van der Waals surface area contributed by atoms with Gasteiger partial charge in [0.2, 0.25) is 17.8 Å². The fraction of sp³-hybridized carbons (Fsp3) is 0.630. The van der Waals surface area contributed by atoms with Crippen molar-refractivity contribution >= 4 is 29.4 Å². The van der Waals surface area contributed by atoms with E-state index >= 15 is 0 Å². The van der Waals surface area contributed by atoms with Gasteiger partial charge in [-0.2, -0.15) is 0 Å². The van der Waals surface area contributed by atoms with Crippen LogP contribution in [0.3, 0.4) is 0 Å². The molecule has 1 N–H and O–H groups in total. The minimum atomic E-state index is -0.472. The minimum absolute atomic E-state index is 0.0324. The number of nitrogens with zero attached hydrogens (tertiary/aromatic N) is 3. The van der Waals surface area contributed by atoms with E-state index < -0.39 is 6.23 Å². The van der Waals surface area contributed by atoms with Crippen molar-refractivity contribution < 1.29 is 23.9 Å². The number of unbranched alkanes of at least 4 members (excludes halogenated alkanes) is 2. The maximum absolute atomic E-state index is 13.2. The molecule has 9 nitrogen and oxygen atoms in total. The lowest BCUT2D eigenvalue weighted by Crippen LogP contribution is -2.49. The number of hydrogen-bond donors (Lipinski definition) is 1. The quantitative estimate of drug-likeness (QED) is 0.281. The van der Waals surface area contributed by atoms with Crippen molar-refractivity contribution in [2.75, 3.05) is 13.2 Å². The van der Waals surface area contributed by atoms with Gasteiger partial charge in [-0.1, -0.05) is 26.2 Å². The maximum Gasteiger partial charge on any atom is 0.304 e. The Kier molecular flexibility index (Phi) is 8.83. The molecule has 2 aliphatic heterocycles. The number of ether oxygens (including phenoxy) is 2. The van der Waals surface area contributed by atoms with Crippen LogP contribution in [-0.2, 0) is 25.7 Å². The molecule has 4 rings (SSSR count). The highest BCUT2D eigenvalue weighted by atomic mass is 16.6. The van der Waals surface area contributed by atoms with Gasteiger partial charge >= 0.3 is 5.97 Å². The van der Waals surface area contributed by atoms with E-state index in [4.69, 9.17) is 9.47 Å². The van der Waals surface area contributed by atoms with E-state index in [0.29, 0.717) is 38.5 Å². The van der Waals surface area contributed by atoms with Crippen molar-refractivity contribution in [2.24, 2.45) is 4.99 Å². The van der Waals surface area contributed by atoms with E-state index in [1.807, 2.05) is 34.9 Å². The summed E-state index contributed by atoms with van der Waals surface area (Å²) in [5.41, 5.74) is 1.90. The molecule has 0 aromatic heterocycles. The van der Waals surface area contributed by atoms with E-state index in [9.17, 15) is 14.4 Å². The zero-order valence-electron chi connectivity index (χ0n) is 21.5. The van der Waals surface area contributed by atoms with E-state index in [2.05, 4.69) is 10.3 Å². The number of rotatable bonds is 11. The standard InChI is InChI=1S/C27H38N4O5/c1-3-26(36-19(2)32)31(21-10-6-4-7-11-21)25(34)12-8-5-9-15-35-22-13-14-23-20(16-22)17-30-18-24(33)29-27(30)28-23/h13-14,16,21,26H,3-12,15,17-18H2,1-2H3,(H,28,29,33). The number of benzene rings is 1. The number of guanidine groups is 1. The Hall–Kier alpha value is -3.10. The molecule has 1 unspecified atom stereocenters. The summed E-state index contributed by atoms with van der Waals surface area (Å²) in [4.78, 5) is 44.7. The summed E-state index contributed by atoms with van der Waals surface area (Å²) in [6.45, 7) is 4.91. The molecule has 0 bridgehead atoms. The summed E-state index contributed by atoms with van der Waals surface area (Å²) in [6.07, 6.45) is 8.50. The van der Waals surface area contributed by atoms with Gasteiger partial charge in [-0.15, -0.1) is 0 Å².